The van der Waals surface area contributed by atoms with E-state index in [1.807, 2.05) is 55.5 Å². The Labute approximate surface area is 133 Å². The van der Waals surface area contributed by atoms with Gasteiger partial charge in [0.2, 0.25) is 5.91 Å². The maximum absolute atomic E-state index is 11.9. The molecule has 21 heavy (non-hydrogen) atoms. The van der Waals surface area contributed by atoms with Gasteiger partial charge < -0.3 is 11.1 Å². The molecule has 3 nitrogen and oxygen atoms in total. The molecule has 4 heteroatoms. The number of carbonyl (C=O) groups excluding carboxylic acids is 1. The average Bonchev–Trinajstić information content (AvgIpc) is 2.46. The van der Waals surface area contributed by atoms with Crippen molar-refractivity contribution in [3.8, 4) is 0 Å². The molecule has 3 N–H and O–H groups in total. The van der Waals surface area contributed by atoms with E-state index >= 15 is 0 Å². The SMILES string of the molecule is C[C@@H](NC(=O)/C=C/c1ccc(N)cc1)c1cccc(Br)c1. The third-order valence-electron chi connectivity index (χ3n) is 3.07. The molecule has 0 heterocycles. The van der Waals surface area contributed by atoms with Crippen LogP contribution < -0.4 is 11.1 Å². The van der Waals surface area contributed by atoms with Gasteiger partial charge in [-0.15, -0.1) is 0 Å². The smallest absolute Gasteiger partial charge is 0.244 e. The number of amides is 1. The first-order valence-electron chi connectivity index (χ1n) is 6.64. The predicted octanol–water partition coefficient (Wildman–Crippen LogP) is 3.92. The largest absolute Gasteiger partial charge is 0.399 e. The summed E-state index contributed by atoms with van der Waals surface area (Å²) < 4.78 is 0.999. The first-order chi connectivity index (χ1) is 10.0. The molecule has 1 amide bonds. The highest BCUT2D eigenvalue weighted by atomic mass is 79.9. The minimum atomic E-state index is -0.126. The standard InChI is InChI=1S/C17H17BrN2O/c1-12(14-3-2-4-15(18)11-14)20-17(21)10-7-13-5-8-16(19)9-6-13/h2-12H,19H2,1H3,(H,20,21)/b10-7+/t12-/m1/s1. The van der Waals surface area contributed by atoms with E-state index in [9.17, 15) is 4.79 Å². The van der Waals surface area contributed by atoms with Crippen molar-refractivity contribution in [3.63, 3.8) is 0 Å². The Kier molecular flexibility index (Phi) is 5.17. The fraction of sp³-hybridized carbons (Fsp3) is 0.118. The second-order valence-electron chi connectivity index (χ2n) is 4.79. The minimum Gasteiger partial charge on any atom is -0.399 e. The quantitative estimate of drug-likeness (QED) is 0.652. The number of benzene rings is 2. The van der Waals surface area contributed by atoms with Crippen molar-refractivity contribution < 1.29 is 4.79 Å². The van der Waals surface area contributed by atoms with Gasteiger partial charge in [0.1, 0.15) is 0 Å². The van der Waals surface area contributed by atoms with Crippen LogP contribution in [0.5, 0.6) is 0 Å². The highest BCUT2D eigenvalue weighted by Gasteiger charge is 2.07. The Bertz CT molecular complexity index is 650. The van der Waals surface area contributed by atoms with Gasteiger partial charge in [0.15, 0.2) is 0 Å². The van der Waals surface area contributed by atoms with Crippen molar-refractivity contribution in [3.05, 3.63) is 70.2 Å². The number of rotatable bonds is 4. The van der Waals surface area contributed by atoms with Crippen LogP contribution in [-0.4, -0.2) is 5.91 Å². The molecule has 0 aliphatic carbocycles. The fourth-order valence-electron chi connectivity index (χ4n) is 1.90. The first-order valence-corrected chi connectivity index (χ1v) is 7.43. The highest BCUT2D eigenvalue weighted by Crippen LogP contribution is 2.17. The van der Waals surface area contributed by atoms with Gasteiger partial charge in [-0.05, 0) is 48.4 Å². The Balaban J connectivity index is 1.96. The molecule has 0 aromatic heterocycles. The number of hydrogen-bond donors (Lipinski definition) is 2. The molecule has 108 valence electrons. The molecule has 0 unspecified atom stereocenters. The Hall–Kier alpha value is -2.07. The van der Waals surface area contributed by atoms with Crippen LogP contribution in [0.1, 0.15) is 24.1 Å². The molecule has 0 saturated heterocycles. The molecule has 0 aliphatic heterocycles. The molecule has 1 atom stereocenters. The van der Waals surface area contributed by atoms with Crippen LogP contribution in [0, 0.1) is 0 Å². The number of nitrogen functional groups attached to an aromatic ring is 1. The summed E-state index contributed by atoms with van der Waals surface area (Å²) in [6.07, 6.45) is 3.29. The number of carbonyl (C=O) groups is 1. The summed E-state index contributed by atoms with van der Waals surface area (Å²) in [5, 5.41) is 2.93. The van der Waals surface area contributed by atoms with E-state index in [1.165, 1.54) is 6.08 Å². The normalized spacial score (nSPS) is 12.3. The van der Waals surface area contributed by atoms with Gasteiger partial charge in [-0.3, -0.25) is 4.79 Å². The van der Waals surface area contributed by atoms with Gasteiger partial charge in [-0.1, -0.05) is 40.2 Å². The maximum Gasteiger partial charge on any atom is 0.244 e. The topological polar surface area (TPSA) is 55.1 Å². The second-order valence-corrected chi connectivity index (χ2v) is 5.70. The van der Waals surface area contributed by atoms with E-state index < -0.39 is 0 Å². The molecule has 0 radical (unpaired) electrons. The summed E-state index contributed by atoms with van der Waals surface area (Å²) in [6, 6.07) is 15.2. The van der Waals surface area contributed by atoms with E-state index in [0.29, 0.717) is 5.69 Å². The summed E-state index contributed by atoms with van der Waals surface area (Å²) >= 11 is 3.43. The molecular formula is C17H17BrN2O. The number of hydrogen-bond acceptors (Lipinski definition) is 2. The Morgan fingerprint density at radius 1 is 1.24 bits per heavy atom. The van der Waals surface area contributed by atoms with Gasteiger partial charge in [0.25, 0.3) is 0 Å². The van der Waals surface area contributed by atoms with Gasteiger partial charge in [0, 0.05) is 16.2 Å². The summed E-state index contributed by atoms with van der Waals surface area (Å²) in [5.74, 6) is -0.126. The summed E-state index contributed by atoms with van der Waals surface area (Å²) in [7, 11) is 0. The molecule has 0 spiro atoms. The monoisotopic (exact) mass is 344 g/mol. The molecule has 2 aromatic carbocycles. The van der Waals surface area contributed by atoms with Crippen LogP contribution >= 0.6 is 15.9 Å². The zero-order valence-electron chi connectivity index (χ0n) is 11.7. The van der Waals surface area contributed by atoms with Crippen LogP contribution in [0.4, 0.5) is 5.69 Å². The average molecular weight is 345 g/mol. The molecule has 0 aliphatic rings. The van der Waals surface area contributed by atoms with Crippen molar-refractivity contribution in [1.82, 2.24) is 5.32 Å². The highest BCUT2D eigenvalue weighted by molar-refractivity contribution is 9.10. The third-order valence-corrected chi connectivity index (χ3v) is 3.56. The van der Waals surface area contributed by atoms with E-state index in [-0.39, 0.29) is 11.9 Å². The molecule has 2 aromatic rings. The predicted molar refractivity (Wildman–Crippen MR) is 90.6 cm³/mol. The van der Waals surface area contributed by atoms with Gasteiger partial charge in [-0.25, -0.2) is 0 Å². The van der Waals surface area contributed by atoms with Crippen molar-refractivity contribution in [2.45, 2.75) is 13.0 Å². The summed E-state index contributed by atoms with van der Waals surface area (Å²) in [4.78, 5) is 11.9. The van der Waals surface area contributed by atoms with E-state index in [2.05, 4.69) is 21.2 Å². The molecular weight excluding hydrogens is 328 g/mol. The number of halogens is 1. The zero-order valence-corrected chi connectivity index (χ0v) is 13.3. The zero-order chi connectivity index (χ0) is 15.2. The maximum atomic E-state index is 11.9. The van der Waals surface area contributed by atoms with Crippen LogP contribution in [-0.2, 0) is 4.79 Å². The molecule has 2 rings (SSSR count). The van der Waals surface area contributed by atoms with E-state index in [0.717, 1.165) is 15.6 Å². The van der Waals surface area contributed by atoms with Gasteiger partial charge in [-0.2, -0.15) is 0 Å². The molecule has 0 saturated carbocycles. The lowest BCUT2D eigenvalue weighted by Gasteiger charge is -2.13. The Morgan fingerprint density at radius 2 is 1.95 bits per heavy atom. The lowest BCUT2D eigenvalue weighted by Crippen LogP contribution is -2.24. The lowest BCUT2D eigenvalue weighted by molar-refractivity contribution is -0.117. The number of anilines is 1. The molecule has 0 bridgehead atoms. The van der Waals surface area contributed by atoms with Crippen molar-refractivity contribution in [2.24, 2.45) is 0 Å². The number of nitrogens with one attached hydrogen (secondary N) is 1. The van der Waals surface area contributed by atoms with Crippen LogP contribution in [0.25, 0.3) is 6.08 Å². The van der Waals surface area contributed by atoms with Crippen molar-refractivity contribution in [2.75, 3.05) is 5.73 Å². The molecule has 0 fully saturated rings. The third kappa shape index (κ3) is 4.76. The fourth-order valence-corrected chi connectivity index (χ4v) is 2.32. The van der Waals surface area contributed by atoms with Crippen LogP contribution in [0.15, 0.2) is 59.1 Å². The van der Waals surface area contributed by atoms with Crippen LogP contribution in [0.3, 0.4) is 0 Å². The lowest BCUT2D eigenvalue weighted by atomic mass is 10.1. The van der Waals surface area contributed by atoms with Crippen LogP contribution in [0.2, 0.25) is 0 Å². The number of nitrogens with two attached hydrogens (primary N) is 1. The van der Waals surface area contributed by atoms with E-state index in [4.69, 9.17) is 5.73 Å². The van der Waals surface area contributed by atoms with Gasteiger partial charge in [0.05, 0.1) is 6.04 Å². The van der Waals surface area contributed by atoms with Crippen molar-refractivity contribution >= 4 is 33.6 Å². The Morgan fingerprint density at radius 3 is 2.62 bits per heavy atom. The minimum absolute atomic E-state index is 0.0499. The van der Waals surface area contributed by atoms with E-state index in [1.54, 1.807) is 6.08 Å². The second kappa shape index (κ2) is 7.09. The summed E-state index contributed by atoms with van der Waals surface area (Å²) in [6.45, 7) is 1.96. The summed E-state index contributed by atoms with van der Waals surface area (Å²) in [5.41, 5.74) is 8.32. The van der Waals surface area contributed by atoms with Crippen molar-refractivity contribution in [1.29, 1.82) is 0 Å². The van der Waals surface area contributed by atoms with Gasteiger partial charge >= 0.3 is 0 Å². The first kappa shape index (κ1) is 15.3.